The molecule has 2 rings (SSSR count). The average molecular weight is 357 g/mol. The minimum atomic E-state index is -0.596. The van der Waals surface area contributed by atoms with Crippen LogP contribution in [0, 0.1) is 0 Å². The van der Waals surface area contributed by atoms with Gasteiger partial charge in [-0.05, 0) is 43.7 Å². The molecule has 26 heavy (non-hydrogen) atoms. The minimum Gasteiger partial charge on any atom is -0.497 e. The Labute approximate surface area is 153 Å². The first-order valence-electron chi connectivity index (χ1n) is 8.37. The second-order valence-electron chi connectivity index (χ2n) is 5.57. The summed E-state index contributed by atoms with van der Waals surface area (Å²) in [5.41, 5.74) is 1.22. The molecule has 0 aliphatic heterocycles. The molecule has 0 fully saturated rings. The first-order valence-corrected chi connectivity index (χ1v) is 8.37. The predicted octanol–water partition coefficient (Wildman–Crippen LogP) is 3.13. The maximum atomic E-state index is 12.2. The number of hydrogen-bond donors (Lipinski definition) is 1. The summed E-state index contributed by atoms with van der Waals surface area (Å²) < 4.78 is 15.6. The van der Waals surface area contributed by atoms with Crippen molar-refractivity contribution in [2.24, 2.45) is 0 Å². The molecule has 2 aromatic rings. The molecule has 0 unspecified atom stereocenters. The maximum absolute atomic E-state index is 12.2. The van der Waals surface area contributed by atoms with Crippen molar-refractivity contribution in [2.45, 2.75) is 19.9 Å². The Morgan fingerprint density at radius 1 is 1.08 bits per heavy atom. The highest BCUT2D eigenvalue weighted by Crippen LogP contribution is 2.19. The Balaban J connectivity index is 1.88. The highest BCUT2D eigenvalue weighted by molar-refractivity contribution is 5.94. The molecule has 0 aliphatic rings. The number of rotatable bonds is 8. The van der Waals surface area contributed by atoms with Crippen LogP contribution in [0.4, 0.5) is 0 Å². The molecule has 1 atom stereocenters. The van der Waals surface area contributed by atoms with Gasteiger partial charge in [0.15, 0.2) is 6.61 Å². The van der Waals surface area contributed by atoms with Crippen molar-refractivity contribution in [3.05, 3.63) is 59.7 Å². The van der Waals surface area contributed by atoms with E-state index in [1.54, 1.807) is 31.4 Å². The zero-order chi connectivity index (χ0) is 18.9. The molecule has 138 valence electrons. The van der Waals surface area contributed by atoms with Crippen LogP contribution in [0.5, 0.6) is 11.5 Å². The van der Waals surface area contributed by atoms with Gasteiger partial charge in [0.05, 0.1) is 19.8 Å². The first kappa shape index (κ1) is 19.3. The van der Waals surface area contributed by atoms with Crippen LogP contribution >= 0.6 is 0 Å². The van der Waals surface area contributed by atoms with Crippen molar-refractivity contribution < 1.29 is 23.8 Å². The van der Waals surface area contributed by atoms with E-state index in [9.17, 15) is 9.59 Å². The lowest BCUT2D eigenvalue weighted by Crippen LogP contribution is -2.31. The van der Waals surface area contributed by atoms with Crippen LogP contribution in [0.1, 0.15) is 35.8 Å². The van der Waals surface area contributed by atoms with E-state index in [0.29, 0.717) is 17.9 Å². The molecule has 0 saturated heterocycles. The minimum absolute atomic E-state index is 0.220. The van der Waals surface area contributed by atoms with Gasteiger partial charge in [-0.3, -0.25) is 4.79 Å². The molecule has 0 aromatic heterocycles. The van der Waals surface area contributed by atoms with Crippen LogP contribution in [-0.2, 0) is 9.53 Å². The van der Waals surface area contributed by atoms with Gasteiger partial charge in [-0.25, -0.2) is 4.79 Å². The van der Waals surface area contributed by atoms with E-state index in [-0.39, 0.29) is 18.6 Å². The number of nitrogens with one attached hydrogen (secondary N) is 1. The van der Waals surface area contributed by atoms with Crippen LogP contribution in [0.3, 0.4) is 0 Å². The molecule has 1 amide bonds. The molecule has 0 bridgehead atoms. The number of benzene rings is 2. The van der Waals surface area contributed by atoms with Gasteiger partial charge in [0.25, 0.3) is 5.91 Å². The zero-order valence-corrected chi connectivity index (χ0v) is 15.2. The molecule has 0 saturated carbocycles. The Hall–Kier alpha value is -3.02. The van der Waals surface area contributed by atoms with E-state index in [1.807, 2.05) is 38.1 Å². The lowest BCUT2D eigenvalue weighted by atomic mass is 10.1. The predicted molar refractivity (Wildman–Crippen MR) is 97.4 cm³/mol. The Morgan fingerprint density at radius 3 is 2.42 bits per heavy atom. The third kappa shape index (κ3) is 5.24. The SMILES string of the molecule is CCOc1ccccc1C(=O)OCC(=O)N[C@H](C)c1ccc(OC)cc1. The Kier molecular flexibility index (Phi) is 7.02. The summed E-state index contributed by atoms with van der Waals surface area (Å²) in [7, 11) is 1.60. The maximum Gasteiger partial charge on any atom is 0.342 e. The quantitative estimate of drug-likeness (QED) is 0.735. The number of carbonyl (C=O) groups excluding carboxylic acids is 2. The molecule has 1 N–H and O–H groups in total. The van der Waals surface area contributed by atoms with Crippen molar-refractivity contribution in [1.82, 2.24) is 5.32 Å². The van der Waals surface area contributed by atoms with Crippen LogP contribution in [-0.4, -0.2) is 32.2 Å². The summed E-state index contributed by atoms with van der Waals surface area (Å²) in [6, 6.07) is 13.9. The number of para-hydroxylation sites is 1. The van der Waals surface area contributed by atoms with Crippen LogP contribution in [0.15, 0.2) is 48.5 Å². The molecule has 2 aromatic carbocycles. The number of methoxy groups -OCH3 is 1. The normalized spacial score (nSPS) is 11.3. The zero-order valence-electron chi connectivity index (χ0n) is 15.2. The second-order valence-corrected chi connectivity index (χ2v) is 5.57. The van der Waals surface area contributed by atoms with E-state index in [0.717, 1.165) is 11.3 Å². The lowest BCUT2D eigenvalue weighted by molar-refractivity contribution is -0.124. The molecule has 6 nitrogen and oxygen atoms in total. The van der Waals surface area contributed by atoms with Crippen LogP contribution in [0.25, 0.3) is 0 Å². The van der Waals surface area contributed by atoms with Crippen molar-refractivity contribution in [2.75, 3.05) is 20.3 Å². The van der Waals surface area contributed by atoms with Gasteiger partial charge in [0.1, 0.15) is 17.1 Å². The monoisotopic (exact) mass is 357 g/mol. The Morgan fingerprint density at radius 2 is 1.77 bits per heavy atom. The molecular formula is C20H23NO5. The number of esters is 1. The summed E-state index contributed by atoms with van der Waals surface area (Å²) >= 11 is 0. The fourth-order valence-electron chi connectivity index (χ4n) is 2.38. The van der Waals surface area contributed by atoms with E-state index in [2.05, 4.69) is 5.32 Å². The number of carbonyl (C=O) groups is 2. The summed E-state index contributed by atoms with van der Waals surface area (Å²) in [5, 5.41) is 2.79. The highest BCUT2D eigenvalue weighted by Gasteiger charge is 2.16. The van der Waals surface area contributed by atoms with Crippen molar-refractivity contribution in [3.8, 4) is 11.5 Å². The molecule has 0 heterocycles. The molecule has 0 spiro atoms. The average Bonchev–Trinajstić information content (AvgIpc) is 2.67. The first-order chi connectivity index (χ1) is 12.5. The second kappa shape index (κ2) is 9.46. The summed E-state index contributed by atoms with van der Waals surface area (Å²) in [4.78, 5) is 24.2. The largest absolute Gasteiger partial charge is 0.497 e. The van der Waals surface area contributed by atoms with Crippen molar-refractivity contribution in [1.29, 1.82) is 0 Å². The Bertz CT molecular complexity index is 742. The van der Waals surface area contributed by atoms with Crippen molar-refractivity contribution in [3.63, 3.8) is 0 Å². The highest BCUT2D eigenvalue weighted by atomic mass is 16.5. The number of amides is 1. The van der Waals surface area contributed by atoms with Crippen LogP contribution < -0.4 is 14.8 Å². The topological polar surface area (TPSA) is 73.9 Å². The standard InChI is InChI=1S/C20H23NO5/c1-4-25-18-8-6-5-7-17(18)20(23)26-13-19(22)21-14(2)15-9-11-16(24-3)12-10-15/h5-12,14H,4,13H2,1-3H3,(H,21,22)/t14-/m1/s1. The smallest absolute Gasteiger partial charge is 0.342 e. The van der Waals surface area contributed by atoms with Gasteiger partial charge in [0.2, 0.25) is 0 Å². The molecule has 6 heteroatoms. The number of ether oxygens (including phenoxy) is 3. The lowest BCUT2D eigenvalue weighted by Gasteiger charge is -2.15. The van der Waals surface area contributed by atoms with Crippen LogP contribution in [0.2, 0.25) is 0 Å². The summed E-state index contributed by atoms with van der Waals surface area (Å²) in [6.07, 6.45) is 0. The third-order valence-corrected chi connectivity index (χ3v) is 3.73. The van der Waals surface area contributed by atoms with Gasteiger partial charge in [-0.1, -0.05) is 24.3 Å². The van der Waals surface area contributed by atoms with E-state index in [1.165, 1.54) is 0 Å². The van der Waals surface area contributed by atoms with E-state index in [4.69, 9.17) is 14.2 Å². The van der Waals surface area contributed by atoms with E-state index >= 15 is 0 Å². The molecule has 0 aliphatic carbocycles. The fourth-order valence-corrected chi connectivity index (χ4v) is 2.38. The number of hydrogen-bond acceptors (Lipinski definition) is 5. The third-order valence-electron chi connectivity index (χ3n) is 3.73. The molecular weight excluding hydrogens is 334 g/mol. The van der Waals surface area contributed by atoms with Gasteiger partial charge in [-0.15, -0.1) is 0 Å². The van der Waals surface area contributed by atoms with Gasteiger partial charge in [0, 0.05) is 0 Å². The van der Waals surface area contributed by atoms with Gasteiger partial charge in [-0.2, -0.15) is 0 Å². The van der Waals surface area contributed by atoms with E-state index < -0.39 is 5.97 Å². The fraction of sp³-hybridized carbons (Fsp3) is 0.300. The van der Waals surface area contributed by atoms with Gasteiger partial charge >= 0.3 is 5.97 Å². The molecule has 0 radical (unpaired) electrons. The summed E-state index contributed by atoms with van der Waals surface area (Å²) in [6.45, 7) is 3.76. The van der Waals surface area contributed by atoms with Gasteiger partial charge < -0.3 is 19.5 Å². The summed E-state index contributed by atoms with van der Waals surface area (Å²) in [5.74, 6) is 0.207. The van der Waals surface area contributed by atoms with Crippen molar-refractivity contribution >= 4 is 11.9 Å².